The van der Waals surface area contributed by atoms with E-state index in [0.717, 1.165) is 0 Å². The van der Waals surface area contributed by atoms with Crippen LogP contribution in [0.15, 0.2) is 0 Å². The van der Waals surface area contributed by atoms with E-state index in [-0.39, 0.29) is 22.4 Å². The largest absolute Gasteiger partial charge is 1.00 e. The first-order chi connectivity index (χ1) is 2.41. The van der Waals surface area contributed by atoms with Crippen LogP contribution < -0.4 is 0 Å². The topological polar surface area (TPSA) is 0 Å². The molecule has 34 valence electrons. The summed E-state index contributed by atoms with van der Waals surface area (Å²) in [4.78, 5) is 0. The van der Waals surface area contributed by atoms with Crippen molar-refractivity contribution >= 4 is 0 Å². The van der Waals surface area contributed by atoms with E-state index < -0.39 is 0 Å². The summed E-state index contributed by atoms with van der Waals surface area (Å²) in [6, 6.07) is 0. The SMILES string of the molecule is [Ag+].[C-]#CC#CC. The molecule has 0 fully saturated rings. The Morgan fingerprint density at radius 2 is 2.00 bits per heavy atom. The van der Waals surface area contributed by atoms with Gasteiger partial charge in [0.15, 0.2) is 0 Å². The van der Waals surface area contributed by atoms with Crippen LogP contribution in [0.2, 0.25) is 0 Å². The van der Waals surface area contributed by atoms with Gasteiger partial charge in [-0.15, -0.1) is 0 Å². The quantitative estimate of drug-likeness (QED) is 0.284. The van der Waals surface area contributed by atoms with Crippen molar-refractivity contribution in [3.8, 4) is 17.8 Å². The maximum atomic E-state index is 6.18. The predicted molar refractivity (Wildman–Crippen MR) is 20.6 cm³/mol. The van der Waals surface area contributed by atoms with E-state index in [1.165, 1.54) is 0 Å². The summed E-state index contributed by atoms with van der Waals surface area (Å²) in [7, 11) is 0. The van der Waals surface area contributed by atoms with Crippen molar-refractivity contribution in [3.05, 3.63) is 6.42 Å². The summed E-state index contributed by atoms with van der Waals surface area (Å²) in [6.07, 6.45) is 6.18. The van der Waals surface area contributed by atoms with Crippen LogP contribution in [0.4, 0.5) is 0 Å². The van der Waals surface area contributed by atoms with Crippen LogP contribution in [0.5, 0.6) is 0 Å². The molecule has 0 aromatic carbocycles. The van der Waals surface area contributed by atoms with Gasteiger partial charge in [-0.25, -0.2) is 5.92 Å². The third-order valence-corrected chi connectivity index (χ3v) is 0.188. The maximum absolute atomic E-state index is 6.18. The van der Waals surface area contributed by atoms with Crippen LogP contribution in [0, 0.1) is 24.2 Å². The first-order valence-electron chi connectivity index (χ1n) is 1.25. The molecule has 0 aliphatic carbocycles. The molecule has 0 N–H and O–H groups in total. The predicted octanol–water partition coefficient (Wildman–Crippen LogP) is 0.597. The Balaban J connectivity index is 0. The summed E-state index contributed by atoms with van der Waals surface area (Å²) >= 11 is 0. The zero-order valence-electron chi connectivity index (χ0n) is 3.30. The number of rotatable bonds is 0. The average molecular weight is 171 g/mol. The summed E-state index contributed by atoms with van der Waals surface area (Å²) < 4.78 is 0. The zero-order chi connectivity index (χ0) is 4.12. The third kappa shape index (κ3) is 9.13. The molecule has 1 heteroatoms. The molecule has 0 aromatic rings. The van der Waals surface area contributed by atoms with Crippen molar-refractivity contribution < 1.29 is 22.4 Å². The van der Waals surface area contributed by atoms with Crippen molar-refractivity contribution in [2.45, 2.75) is 6.92 Å². The first kappa shape index (κ1) is 9.29. The Labute approximate surface area is 53.8 Å². The smallest absolute Gasteiger partial charge is 0.358 e. The molecule has 0 spiro atoms. The van der Waals surface area contributed by atoms with E-state index >= 15 is 0 Å². The van der Waals surface area contributed by atoms with E-state index in [0.29, 0.717) is 0 Å². The molecule has 0 aromatic heterocycles. The second-order valence-corrected chi connectivity index (χ2v) is 0.500. The van der Waals surface area contributed by atoms with Crippen LogP contribution >= 0.6 is 0 Å². The fraction of sp³-hybridized carbons (Fsp3) is 0.200. The molecule has 6 heavy (non-hydrogen) atoms. The fourth-order valence-corrected chi connectivity index (χ4v) is 0.0625. The van der Waals surface area contributed by atoms with Gasteiger partial charge in [0.2, 0.25) is 0 Å². The van der Waals surface area contributed by atoms with Crippen LogP contribution in [-0.4, -0.2) is 0 Å². The van der Waals surface area contributed by atoms with Gasteiger partial charge in [0.25, 0.3) is 0 Å². The van der Waals surface area contributed by atoms with Crippen LogP contribution in [0.25, 0.3) is 0 Å². The van der Waals surface area contributed by atoms with Crippen molar-refractivity contribution in [2.24, 2.45) is 0 Å². The molecule has 0 heterocycles. The molecule has 0 bridgehead atoms. The Morgan fingerprint density at radius 1 is 1.50 bits per heavy atom. The molecule has 0 saturated carbocycles. The number of hydrogen-bond acceptors (Lipinski definition) is 0. The Kier molecular flexibility index (Phi) is 13.7. The van der Waals surface area contributed by atoms with Gasteiger partial charge >= 0.3 is 22.4 Å². The van der Waals surface area contributed by atoms with Gasteiger partial charge in [0, 0.05) is 0 Å². The molecule has 0 radical (unpaired) electrons. The van der Waals surface area contributed by atoms with Gasteiger partial charge in [0.1, 0.15) is 0 Å². The standard InChI is InChI=1S/C5H3.Ag/c1-3-5-4-2;/h1H3;/q-1;+1. The van der Waals surface area contributed by atoms with E-state index in [9.17, 15) is 0 Å². The van der Waals surface area contributed by atoms with Gasteiger partial charge in [0.05, 0.1) is 0 Å². The monoisotopic (exact) mass is 170 g/mol. The van der Waals surface area contributed by atoms with Gasteiger partial charge in [-0.05, 0) is 6.92 Å². The Morgan fingerprint density at radius 3 is 2.00 bits per heavy atom. The van der Waals surface area contributed by atoms with Gasteiger partial charge in [-0.3, -0.25) is 11.8 Å². The summed E-state index contributed by atoms with van der Waals surface area (Å²) in [5, 5.41) is 0. The molecule has 0 aliphatic heterocycles. The number of hydrogen-bond donors (Lipinski definition) is 0. The fourth-order valence-electron chi connectivity index (χ4n) is 0.0625. The van der Waals surface area contributed by atoms with E-state index in [2.05, 4.69) is 11.8 Å². The summed E-state index contributed by atoms with van der Waals surface area (Å²) in [6.45, 7) is 1.67. The van der Waals surface area contributed by atoms with E-state index in [1.54, 1.807) is 6.92 Å². The Bertz CT molecular complexity index is 97.3. The van der Waals surface area contributed by atoms with E-state index in [4.69, 9.17) is 6.42 Å². The van der Waals surface area contributed by atoms with E-state index in [1.807, 2.05) is 5.92 Å². The molecule has 0 nitrogen and oxygen atoms in total. The first-order valence-corrected chi connectivity index (χ1v) is 1.25. The van der Waals surface area contributed by atoms with Crippen molar-refractivity contribution in [1.29, 1.82) is 0 Å². The van der Waals surface area contributed by atoms with Crippen molar-refractivity contribution in [1.82, 2.24) is 0 Å². The minimum Gasteiger partial charge on any atom is -0.358 e. The minimum atomic E-state index is 0. The summed E-state index contributed by atoms with van der Waals surface area (Å²) in [5.74, 6) is 6.65. The van der Waals surface area contributed by atoms with Gasteiger partial charge in [-0.2, -0.15) is 0 Å². The van der Waals surface area contributed by atoms with Crippen molar-refractivity contribution in [3.63, 3.8) is 0 Å². The normalized spacial score (nSPS) is 2.67. The van der Waals surface area contributed by atoms with Gasteiger partial charge in [-0.1, -0.05) is 0 Å². The maximum Gasteiger partial charge on any atom is 1.00 e. The average Bonchev–Trinajstić information content (AvgIpc) is 1.41. The summed E-state index contributed by atoms with van der Waals surface area (Å²) in [5.41, 5.74) is 0. The molecular formula is C5H3Ag. The van der Waals surface area contributed by atoms with Crippen LogP contribution in [-0.2, 0) is 22.4 Å². The second-order valence-electron chi connectivity index (χ2n) is 0.500. The molecule has 0 unspecified atom stereocenters. The van der Waals surface area contributed by atoms with Crippen molar-refractivity contribution in [2.75, 3.05) is 0 Å². The minimum absolute atomic E-state index is 0. The molecular weight excluding hydrogens is 168 g/mol. The molecule has 0 amide bonds. The van der Waals surface area contributed by atoms with Crippen LogP contribution in [0.1, 0.15) is 6.92 Å². The zero-order valence-corrected chi connectivity index (χ0v) is 4.78. The second kappa shape index (κ2) is 8.85. The molecule has 0 saturated heterocycles. The third-order valence-electron chi connectivity index (χ3n) is 0.188. The van der Waals surface area contributed by atoms with Gasteiger partial charge < -0.3 is 6.42 Å². The Hall–Kier alpha value is -0.140. The molecule has 0 atom stereocenters. The van der Waals surface area contributed by atoms with Crippen LogP contribution in [0.3, 0.4) is 0 Å². The molecule has 0 aliphatic rings. The molecule has 0 rings (SSSR count).